The van der Waals surface area contributed by atoms with E-state index in [4.69, 9.17) is 13.3 Å². The fourth-order valence-corrected chi connectivity index (χ4v) is 8.31. The van der Waals surface area contributed by atoms with Crippen LogP contribution in [0.15, 0.2) is 0 Å². The van der Waals surface area contributed by atoms with E-state index in [1.165, 1.54) is 5.25 Å². The van der Waals surface area contributed by atoms with Crippen LogP contribution in [0.25, 0.3) is 0 Å². The summed E-state index contributed by atoms with van der Waals surface area (Å²) in [7, 11) is -2.36. The van der Waals surface area contributed by atoms with Gasteiger partial charge in [0.15, 0.2) is 0 Å². The first-order valence-electron chi connectivity index (χ1n) is 6.56. The average molecular weight is 321 g/mol. The third-order valence-corrected chi connectivity index (χ3v) is 9.55. The number of hydrogen-bond donors (Lipinski definition) is 0. The van der Waals surface area contributed by atoms with Gasteiger partial charge in [0.1, 0.15) is 0 Å². The van der Waals surface area contributed by atoms with Gasteiger partial charge in [0.25, 0.3) is 0 Å². The van der Waals surface area contributed by atoms with Crippen molar-refractivity contribution in [1.29, 1.82) is 0 Å². The molecule has 0 N–H and O–H groups in total. The number of hydrogen-bond acceptors (Lipinski definition) is 3. The third kappa shape index (κ3) is 8.37. The zero-order valence-electron chi connectivity index (χ0n) is 12.3. The predicted molar refractivity (Wildman–Crippen MR) is 75.7 cm³/mol. The maximum absolute atomic E-state index is 5.84. The van der Waals surface area contributed by atoms with Crippen LogP contribution in [0.1, 0.15) is 41.5 Å². The van der Waals surface area contributed by atoms with Gasteiger partial charge in [0, 0.05) is 0 Å². The molecule has 0 aliphatic rings. The summed E-state index contributed by atoms with van der Waals surface area (Å²) >= 11 is 0.0398. The zero-order chi connectivity index (χ0) is 13.4. The Morgan fingerprint density at radius 2 is 1.29 bits per heavy atom. The summed E-state index contributed by atoms with van der Waals surface area (Å²) in [5.74, 6) is 0. The Hall–Kier alpha value is 0.640. The van der Waals surface area contributed by atoms with Crippen LogP contribution in [0.3, 0.4) is 0 Å². The van der Waals surface area contributed by atoms with Crippen molar-refractivity contribution >= 4 is 24.2 Å². The van der Waals surface area contributed by atoms with E-state index in [0.29, 0.717) is 24.1 Å². The molecule has 3 nitrogen and oxygen atoms in total. The Bertz CT molecular complexity index is 178. The first kappa shape index (κ1) is 17.6. The second-order valence-electron chi connectivity index (χ2n) is 4.91. The van der Waals surface area contributed by atoms with Crippen molar-refractivity contribution in [2.24, 2.45) is 0 Å². The predicted octanol–water partition coefficient (Wildman–Crippen LogP) is 3.38. The molecule has 0 rings (SSSR count). The first-order chi connectivity index (χ1) is 7.89. The Labute approximate surface area is 114 Å². The van der Waals surface area contributed by atoms with E-state index in [1.54, 1.807) is 0 Å². The molecule has 0 fully saturated rings. The molecule has 0 atom stereocenters. The van der Waals surface area contributed by atoms with E-state index in [2.05, 4.69) is 20.8 Å². The molecular weight excluding hydrogens is 293 g/mol. The summed E-state index contributed by atoms with van der Waals surface area (Å²) in [6, 6.07) is 0.986. The summed E-state index contributed by atoms with van der Waals surface area (Å²) in [5.41, 5.74) is 0. The first-order valence-corrected chi connectivity index (χ1v) is 11.0. The van der Waals surface area contributed by atoms with Crippen molar-refractivity contribution in [3.05, 3.63) is 0 Å². The zero-order valence-corrected chi connectivity index (χ0v) is 15.4. The van der Waals surface area contributed by atoms with Crippen molar-refractivity contribution in [2.75, 3.05) is 19.8 Å². The molecule has 2 radical (unpaired) electrons. The van der Waals surface area contributed by atoms with Crippen molar-refractivity contribution in [2.45, 2.75) is 57.1 Å². The topological polar surface area (TPSA) is 27.7 Å². The Balaban J connectivity index is 4.33. The molecule has 0 aromatic heterocycles. The molecule has 0 saturated heterocycles. The minimum absolute atomic E-state index is 0.0398. The van der Waals surface area contributed by atoms with Gasteiger partial charge >= 0.3 is 114 Å². The van der Waals surface area contributed by atoms with E-state index < -0.39 is 8.80 Å². The summed E-state index contributed by atoms with van der Waals surface area (Å²) < 4.78 is 18.0. The molecule has 0 aliphatic carbocycles. The molecular formula is C12H28GeO3Si. The van der Waals surface area contributed by atoms with Crippen LogP contribution in [-0.2, 0) is 13.3 Å². The van der Waals surface area contributed by atoms with Crippen LogP contribution in [0.2, 0.25) is 15.5 Å². The normalized spacial score (nSPS) is 13.1. The summed E-state index contributed by atoms with van der Waals surface area (Å²) in [6.45, 7) is 15.0. The second-order valence-corrected chi connectivity index (χ2v) is 12.6. The van der Waals surface area contributed by atoms with Crippen molar-refractivity contribution < 1.29 is 13.3 Å². The van der Waals surface area contributed by atoms with Gasteiger partial charge in [-0.05, 0) is 0 Å². The third-order valence-electron chi connectivity index (χ3n) is 2.18. The average Bonchev–Trinajstić information content (AvgIpc) is 2.16. The van der Waals surface area contributed by atoms with E-state index in [1.807, 2.05) is 20.8 Å². The van der Waals surface area contributed by atoms with Crippen molar-refractivity contribution in [3.63, 3.8) is 0 Å². The van der Waals surface area contributed by atoms with Crippen LogP contribution in [0.5, 0.6) is 0 Å². The van der Waals surface area contributed by atoms with E-state index in [-0.39, 0.29) is 15.4 Å². The molecule has 5 heteroatoms. The van der Waals surface area contributed by atoms with Gasteiger partial charge < -0.3 is 0 Å². The molecule has 0 aromatic rings. The standard InChI is InChI=1S/C12H28GeO3Si/c1-7-14-17(15-8-2,16-9-3)11-10-13-12(4,5)6/h7-11H2,1-6H3. The van der Waals surface area contributed by atoms with E-state index in [0.717, 1.165) is 6.04 Å². The summed E-state index contributed by atoms with van der Waals surface area (Å²) in [6.07, 6.45) is 0. The molecule has 0 unspecified atom stereocenters. The summed E-state index contributed by atoms with van der Waals surface area (Å²) in [5, 5.41) is 1.23. The van der Waals surface area contributed by atoms with Gasteiger partial charge in [-0.2, -0.15) is 0 Å². The van der Waals surface area contributed by atoms with Crippen LogP contribution in [0.4, 0.5) is 0 Å². The molecule has 17 heavy (non-hydrogen) atoms. The molecule has 0 bridgehead atoms. The van der Waals surface area contributed by atoms with Crippen LogP contribution in [-0.4, -0.2) is 44.1 Å². The SMILES string of the molecule is CCO[Si](C[CH2][Ge][C](C)(C)C)(OCC)OCC. The summed E-state index contributed by atoms with van der Waals surface area (Å²) in [4.78, 5) is 0. The molecule has 102 valence electrons. The molecule has 0 heterocycles. The molecule has 0 amide bonds. The van der Waals surface area contributed by atoms with Gasteiger partial charge in [-0.25, -0.2) is 0 Å². The fourth-order valence-electron chi connectivity index (χ4n) is 1.59. The second kappa shape index (κ2) is 8.69. The fraction of sp³-hybridized carbons (Fsp3) is 1.00. The monoisotopic (exact) mass is 322 g/mol. The van der Waals surface area contributed by atoms with Crippen LogP contribution >= 0.6 is 0 Å². The maximum atomic E-state index is 5.84. The molecule has 0 saturated carbocycles. The van der Waals surface area contributed by atoms with Gasteiger partial charge in [-0.1, -0.05) is 0 Å². The minimum atomic E-state index is -2.36. The van der Waals surface area contributed by atoms with E-state index in [9.17, 15) is 0 Å². The van der Waals surface area contributed by atoms with Gasteiger partial charge in [0.2, 0.25) is 0 Å². The van der Waals surface area contributed by atoms with Gasteiger partial charge in [0.05, 0.1) is 0 Å². The van der Waals surface area contributed by atoms with Crippen LogP contribution in [0, 0.1) is 0 Å². The Morgan fingerprint density at radius 1 is 0.882 bits per heavy atom. The Kier molecular flexibility index (Phi) is 9.02. The van der Waals surface area contributed by atoms with Crippen molar-refractivity contribution in [3.8, 4) is 0 Å². The Morgan fingerprint density at radius 3 is 1.59 bits per heavy atom. The quantitative estimate of drug-likeness (QED) is 0.610. The van der Waals surface area contributed by atoms with Crippen LogP contribution < -0.4 is 0 Å². The van der Waals surface area contributed by atoms with Crippen molar-refractivity contribution in [1.82, 2.24) is 0 Å². The van der Waals surface area contributed by atoms with Gasteiger partial charge in [-0.3, -0.25) is 0 Å². The van der Waals surface area contributed by atoms with E-state index >= 15 is 0 Å². The van der Waals surface area contributed by atoms with Gasteiger partial charge in [-0.15, -0.1) is 0 Å². The molecule has 0 aliphatic heterocycles. The number of rotatable bonds is 9. The molecule has 0 aromatic carbocycles. The molecule has 0 spiro atoms.